The highest BCUT2D eigenvalue weighted by atomic mass is 35.5. The number of rotatable bonds is 5. The van der Waals surface area contributed by atoms with Crippen LogP contribution in [0.15, 0.2) is 24.3 Å². The van der Waals surface area contributed by atoms with Gasteiger partial charge in [-0.15, -0.1) is 12.4 Å². The number of nitrogens with one attached hydrogen (secondary N) is 2. The Morgan fingerprint density at radius 3 is 2.57 bits per heavy atom. The first-order chi connectivity index (χ1) is 9.41. The number of benzene rings is 1. The first-order valence-electron chi connectivity index (χ1n) is 6.53. The number of halogens is 4. The molecule has 0 saturated heterocycles. The number of hydrogen-bond acceptors (Lipinski definition) is 2. The molecule has 1 aliphatic carbocycles. The van der Waals surface area contributed by atoms with E-state index in [1.54, 1.807) is 13.1 Å². The zero-order valence-corrected chi connectivity index (χ0v) is 12.4. The van der Waals surface area contributed by atoms with Crippen LogP contribution in [-0.4, -0.2) is 19.5 Å². The second-order valence-corrected chi connectivity index (χ2v) is 5.04. The van der Waals surface area contributed by atoms with Gasteiger partial charge >= 0.3 is 6.18 Å². The molecule has 1 aliphatic rings. The van der Waals surface area contributed by atoms with Crippen LogP contribution < -0.4 is 10.6 Å². The highest BCUT2D eigenvalue weighted by Gasteiger charge is 2.35. The fraction of sp³-hybridized carbons (Fsp3) is 0.500. The average Bonchev–Trinajstić information content (AvgIpc) is 3.20. The van der Waals surface area contributed by atoms with E-state index < -0.39 is 11.7 Å². The van der Waals surface area contributed by atoms with Crippen LogP contribution in [0.5, 0.6) is 0 Å². The van der Waals surface area contributed by atoms with Crippen molar-refractivity contribution < 1.29 is 18.0 Å². The lowest BCUT2D eigenvalue weighted by atomic mass is 10.00. The number of alkyl halides is 3. The van der Waals surface area contributed by atoms with E-state index in [0.29, 0.717) is 5.56 Å². The molecule has 1 fully saturated rings. The van der Waals surface area contributed by atoms with Gasteiger partial charge in [-0.25, -0.2) is 0 Å². The van der Waals surface area contributed by atoms with Gasteiger partial charge in [0.05, 0.1) is 18.2 Å². The van der Waals surface area contributed by atoms with Crippen LogP contribution in [0.1, 0.15) is 30.0 Å². The fourth-order valence-corrected chi connectivity index (χ4v) is 2.20. The molecule has 7 heteroatoms. The molecule has 2 N–H and O–H groups in total. The average molecular weight is 323 g/mol. The van der Waals surface area contributed by atoms with E-state index in [-0.39, 0.29) is 36.8 Å². The van der Waals surface area contributed by atoms with Gasteiger partial charge in [0.1, 0.15) is 0 Å². The fourth-order valence-electron chi connectivity index (χ4n) is 2.20. The van der Waals surface area contributed by atoms with Crippen LogP contribution in [0.3, 0.4) is 0 Å². The summed E-state index contributed by atoms with van der Waals surface area (Å²) in [6, 6.07) is 4.86. The molecule has 0 heterocycles. The lowest BCUT2D eigenvalue weighted by Gasteiger charge is -2.20. The number of hydrogen-bond donors (Lipinski definition) is 2. The van der Waals surface area contributed by atoms with Crippen molar-refractivity contribution in [2.45, 2.75) is 25.1 Å². The molecule has 118 valence electrons. The van der Waals surface area contributed by atoms with Crippen LogP contribution in [0, 0.1) is 5.92 Å². The Morgan fingerprint density at radius 1 is 1.38 bits per heavy atom. The van der Waals surface area contributed by atoms with E-state index in [2.05, 4.69) is 10.6 Å². The van der Waals surface area contributed by atoms with Crippen molar-refractivity contribution in [3.05, 3.63) is 35.4 Å². The maximum Gasteiger partial charge on any atom is 0.416 e. The van der Waals surface area contributed by atoms with Gasteiger partial charge in [-0.2, -0.15) is 13.2 Å². The molecule has 1 atom stereocenters. The Morgan fingerprint density at radius 2 is 2.05 bits per heavy atom. The molecule has 0 aromatic heterocycles. The van der Waals surface area contributed by atoms with E-state index in [4.69, 9.17) is 0 Å². The van der Waals surface area contributed by atoms with E-state index in [0.717, 1.165) is 25.0 Å². The normalized spacial score (nSPS) is 16.0. The Hall–Kier alpha value is -1.27. The highest BCUT2D eigenvalue weighted by Crippen LogP contribution is 2.42. The summed E-state index contributed by atoms with van der Waals surface area (Å²) in [6.45, 7) is 0.155. The van der Waals surface area contributed by atoms with Crippen molar-refractivity contribution in [2.24, 2.45) is 5.92 Å². The SMILES string of the molecule is CNCC(=O)NC(c1cccc(C(F)(F)F)c1)C1CC1.Cl. The summed E-state index contributed by atoms with van der Waals surface area (Å²) in [7, 11) is 1.65. The summed E-state index contributed by atoms with van der Waals surface area (Å²) >= 11 is 0. The quantitative estimate of drug-likeness (QED) is 0.875. The summed E-state index contributed by atoms with van der Waals surface area (Å²) in [5.74, 6) is 0.0288. The van der Waals surface area contributed by atoms with Gasteiger partial charge in [-0.3, -0.25) is 4.79 Å². The Kier molecular flexibility index (Phi) is 6.04. The molecule has 1 saturated carbocycles. The van der Waals surface area contributed by atoms with Crippen LogP contribution in [0.2, 0.25) is 0 Å². The van der Waals surface area contributed by atoms with Crippen LogP contribution >= 0.6 is 12.4 Å². The molecule has 1 unspecified atom stereocenters. The zero-order chi connectivity index (χ0) is 14.8. The first kappa shape index (κ1) is 17.8. The topological polar surface area (TPSA) is 41.1 Å². The first-order valence-corrected chi connectivity index (χ1v) is 6.53. The number of likely N-dealkylation sites (N-methyl/N-ethyl adjacent to an activating group) is 1. The van der Waals surface area contributed by atoms with E-state index in [1.807, 2.05) is 0 Å². The number of carbonyl (C=O) groups is 1. The third-order valence-electron chi connectivity index (χ3n) is 3.32. The molecule has 0 aliphatic heterocycles. The smallest absolute Gasteiger partial charge is 0.348 e. The maximum absolute atomic E-state index is 12.7. The molecule has 1 aromatic rings. The van der Waals surface area contributed by atoms with Crippen LogP contribution in [0.25, 0.3) is 0 Å². The second kappa shape index (κ2) is 7.13. The minimum atomic E-state index is -4.36. The van der Waals surface area contributed by atoms with Crippen molar-refractivity contribution in [3.63, 3.8) is 0 Å². The maximum atomic E-state index is 12.7. The number of amides is 1. The van der Waals surface area contributed by atoms with Crippen molar-refractivity contribution in [2.75, 3.05) is 13.6 Å². The molecule has 0 bridgehead atoms. The van der Waals surface area contributed by atoms with Gasteiger partial charge in [-0.05, 0) is 43.5 Å². The molecule has 1 amide bonds. The van der Waals surface area contributed by atoms with E-state index in [9.17, 15) is 18.0 Å². The molecule has 2 rings (SSSR count). The lowest BCUT2D eigenvalue weighted by Crippen LogP contribution is -2.36. The highest BCUT2D eigenvalue weighted by molar-refractivity contribution is 5.85. The van der Waals surface area contributed by atoms with Crippen LogP contribution in [0.4, 0.5) is 13.2 Å². The summed E-state index contributed by atoms with van der Waals surface area (Å²) in [4.78, 5) is 11.6. The molecule has 3 nitrogen and oxygen atoms in total. The molecule has 0 radical (unpaired) electrons. The summed E-state index contributed by atoms with van der Waals surface area (Å²) in [5, 5.41) is 5.53. The Balaban J connectivity index is 0.00000220. The molecule has 21 heavy (non-hydrogen) atoms. The van der Waals surface area contributed by atoms with Gasteiger partial charge in [0, 0.05) is 0 Å². The van der Waals surface area contributed by atoms with E-state index >= 15 is 0 Å². The molecular weight excluding hydrogens is 305 g/mol. The predicted octanol–water partition coefficient (Wildman–Crippen LogP) is 2.91. The largest absolute Gasteiger partial charge is 0.416 e. The van der Waals surface area contributed by atoms with Crippen LogP contribution in [-0.2, 0) is 11.0 Å². The lowest BCUT2D eigenvalue weighted by molar-refractivity contribution is -0.137. The predicted molar refractivity (Wildman–Crippen MR) is 76.2 cm³/mol. The van der Waals surface area contributed by atoms with Gasteiger partial charge in [0.25, 0.3) is 0 Å². The Labute approximate surface area is 127 Å². The second-order valence-electron chi connectivity index (χ2n) is 5.04. The van der Waals surface area contributed by atoms with Gasteiger partial charge in [0.2, 0.25) is 5.91 Å². The van der Waals surface area contributed by atoms with Crippen molar-refractivity contribution in [1.29, 1.82) is 0 Å². The monoisotopic (exact) mass is 322 g/mol. The van der Waals surface area contributed by atoms with Crippen molar-refractivity contribution >= 4 is 18.3 Å². The third-order valence-corrected chi connectivity index (χ3v) is 3.32. The van der Waals surface area contributed by atoms with Gasteiger partial charge < -0.3 is 10.6 Å². The summed E-state index contributed by atoms with van der Waals surface area (Å²) in [6.07, 6.45) is -2.50. The number of carbonyl (C=O) groups excluding carboxylic acids is 1. The van der Waals surface area contributed by atoms with E-state index in [1.165, 1.54) is 6.07 Å². The van der Waals surface area contributed by atoms with Crippen molar-refractivity contribution in [3.8, 4) is 0 Å². The van der Waals surface area contributed by atoms with Crippen molar-refractivity contribution in [1.82, 2.24) is 10.6 Å². The van der Waals surface area contributed by atoms with Gasteiger partial charge in [0.15, 0.2) is 0 Å². The summed E-state index contributed by atoms with van der Waals surface area (Å²) in [5.41, 5.74) is -0.157. The molecular formula is C14H18ClF3N2O. The van der Waals surface area contributed by atoms with Gasteiger partial charge in [-0.1, -0.05) is 12.1 Å². The molecule has 0 spiro atoms. The Bertz CT molecular complexity index is 489. The molecule has 1 aromatic carbocycles. The standard InChI is InChI=1S/C14H17F3N2O.ClH/c1-18-8-12(20)19-13(9-5-6-9)10-3-2-4-11(7-10)14(15,16)17;/h2-4,7,9,13,18H,5-6,8H2,1H3,(H,19,20);1H. The minimum absolute atomic E-state index is 0. The minimum Gasteiger partial charge on any atom is -0.348 e. The summed E-state index contributed by atoms with van der Waals surface area (Å²) < 4.78 is 38.2. The zero-order valence-electron chi connectivity index (χ0n) is 11.5. The third kappa shape index (κ3) is 4.89.